The molecule has 2 N–H and O–H groups in total. The first-order valence-corrected chi connectivity index (χ1v) is 12.6. The Kier molecular flexibility index (Phi) is 9.37. The number of hydrogen-bond acceptors (Lipinski definition) is 8. The lowest BCUT2D eigenvalue weighted by Crippen LogP contribution is -2.18. The van der Waals surface area contributed by atoms with Gasteiger partial charge in [-0.2, -0.15) is 0 Å². The van der Waals surface area contributed by atoms with Gasteiger partial charge in [-0.25, -0.2) is 4.98 Å². The molecule has 4 aromatic rings. The van der Waals surface area contributed by atoms with Crippen LogP contribution in [-0.4, -0.2) is 38.3 Å². The van der Waals surface area contributed by atoms with Crippen molar-refractivity contribution in [3.63, 3.8) is 0 Å². The Morgan fingerprint density at radius 2 is 1.80 bits per heavy atom. The molecule has 13 heteroatoms. The van der Waals surface area contributed by atoms with Crippen molar-refractivity contribution in [2.45, 2.75) is 32.0 Å². The van der Waals surface area contributed by atoms with Crippen LogP contribution in [-0.2, 0) is 28.9 Å². The number of pyridine rings is 2. The number of anilines is 2. The molecule has 204 valence electrons. The quantitative estimate of drug-likeness (QED) is 0.285. The molecule has 2 amide bonds. The monoisotopic (exact) mass is 566 g/mol. The molecule has 0 spiro atoms. The topological polar surface area (TPSA) is 119 Å². The van der Waals surface area contributed by atoms with E-state index in [1.807, 2.05) is 6.07 Å². The number of ether oxygens (including phenoxy) is 1. The standard InChI is InChI=1S/C27H21F3N6O3S/c28-27(29,30)39-21-9-5-7-19(14-21)15-23(37)33-22-12-11-18(17-32-22)6-1-2-10-25-35-36-26(40-25)34-24(38)16-20-8-3-4-13-31-20/h3-5,7-9,11-14,17H,2,10,15-16H2,(H,32,33,37)(H,34,36,38). The summed E-state index contributed by atoms with van der Waals surface area (Å²) in [7, 11) is 0. The molecule has 3 aromatic heterocycles. The maximum absolute atomic E-state index is 12.4. The largest absolute Gasteiger partial charge is 0.573 e. The van der Waals surface area contributed by atoms with Gasteiger partial charge in [-0.1, -0.05) is 41.4 Å². The molecule has 0 aliphatic rings. The van der Waals surface area contributed by atoms with Crippen molar-refractivity contribution < 1.29 is 27.5 Å². The number of carbonyl (C=O) groups excluding carboxylic acids is 2. The van der Waals surface area contributed by atoms with Crippen LogP contribution in [0.2, 0.25) is 0 Å². The molecule has 0 radical (unpaired) electrons. The Morgan fingerprint density at radius 3 is 2.55 bits per heavy atom. The highest BCUT2D eigenvalue weighted by atomic mass is 32.1. The minimum atomic E-state index is -4.81. The number of benzene rings is 1. The number of aromatic nitrogens is 4. The van der Waals surface area contributed by atoms with E-state index in [-0.39, 0.29) is 24.6 Å². The maximum Gasteiger partial charge on any atom is 0.573 e. The third-order valence-electron chi connectivity index (χ3n) is 5.01. The zero-order valence-electron chi connectivity index (χ0n) is 20.7. The van der Waals surface area contributed by atoms with Crippen LogP contribution in [0.3, 0.4) is 0 Å². The van der Waals surface area contributed by atoms with Crippen molar-refractivity contribution in [3.05, 3.63) is 88.8 Å². The Labute approximate surface area is 230 Å². The highest BCUT2D eigenvalue weighted by molar-refractivity contribution is 7.15. The van der Waals surface area contributed by atoms with Crippen molar-refractivity contribution in [3.8, 4) is 17.6 Å². The minimum absolute atomic E-state index is 0.145. The number of alkyl halides is 3. The number of nitrogens with one attached hydrogen (secondary N) is 2. The first kappa shape index (κ1) is 28.2. The highest BCUT2D eigenvalue weighted by Gasteiger charge is 2.31. The maximum atomic E-state index is 12.4. The van der Waals surface area contributed by atoms with Crippen LogP contribution < -0.4 is 15.4 Å². The summed E-state index contributed by atoms with van der Waals surface area (Å²) >= 11 is 1.28. The molecule has 9 nitrogen and oxygen atoms in total. The third-order valence-corrected chi connectivity index (χ3v) is 5.90. The molecule has 0 unspecified atom stereocenters. The van der Waals surface area contributed by atoms with E-state index in [1.54, 1.807) is 30.5 Å². The molecule has 0 saturated heterocycles. The second-order valence-electron chi connectivity index (χ2n) is 8.20. The average molecular weight is 567 g/mol. The lowest BCUT2D eigenvalue weighted by molar-refractivity contribution is -0.274. The minimum Gasteiger partial charge on any atom is -0.406 e. The van der Waals surface area contributed by atoms with Gasteiger partial charge in [-0.05, 0) is 42.0 Å². The van der Waals surface area contributed by atoms with Crippen LogP contribution in [0.1, 0.15) is 28.2 Å². The molecule has 0 saturated carbocycles. The molecule has 1 aromatic carbocycles. The fourth-order valence-corrected chi connectivity index (χ4v) is 4.09. The van der Waals surface area contributed by atoms with E-state index in [1.165, 1.54) is 29.7 Å². The Hall–Kier alpha value is -4.83. The van der Waals surface area contributed by atoms with Gasteiger partial charge in [0.15, 0.2) is 0 Å². The van der Waals surface area contributed by atoms with E-state index in [2.05, 4.69) is 47.4 Å². The summed E-state index contributed by atoms with van der Waals surface area (Å²) in [6.07, 6.45) is -0.629. The Bertz CT molecular complexity index is 1520. The van der Waals surface area contributed by atoms with Crippen molar-refractivity contribution in [1.29, 1.82) is 0 Å². The molecule has 0 aliphatic heterocycles. The molecule has 0 bridgehead atoms. The molecular formula is C27H21F3N6O3S. The summed E-state index contributed by atoms with van der Waals surface area (Å²) in [6, 6.07) is 13.9. The second kappa shape index (κ2) is 13.3. The molecule has 0 aliphatic carbocycles. The van der Waals surface area contributed by atoms with E-state index in [0.29, 0.717) is 34.8 Å². The highest BCUT2D eigenvalue weighted by Crippen LogP contribution is 2.23. The number of nitrogens with zero attached hydrogens (tertiary/aromatic N) is 4. The zero-order chi connectivity index (χ0) is 28.4. The number of carbonyl (C=O) groups is 2. The summed E-state index contributed by atoms with van der Waals surface area (Å²) in [5.74, 6) is 5.22. The van der Waals surface area contributed by atoms with Gasteiger partial charge >= 0.3 is 6.36 Å². The Balaban J connectivity index is 1.21. The van der Waals surface area contributed by atoms with Crippen LogP contribution in [0.25, 0.3) is 0 Å². The van der Waals surface area contributed by atoms with Gasteiger partial charge in [0.1, 0.15) is 16.6 Å². The summed E-state index contributed by atoms with van der Waals surface area (Å²) in [4.78, 5) is 32.7. The van der Waals surface area contributed by atoms with E-state index < -0.39 is 18.0 Å². The predicted octanol–water partition coefficient (Wildman–Crippen LogP) is 4.57. The summed E-state index contributed by atoms with van der Waals surface area (Å²) in [5, 5.41) is 14.5. The van der Waals surface area contributed by atoms with Crippen molar-refractivity contribution >= 4 is 34.1 Å². The van der Waals surface area contributed by atoms with Gasteiger partial charge in [0.2, 0.25) is 16.9 Å². The van der Waals surface area contributed by atoms with Gasteiger partial charge in [-0.3, -0.25) is 14.6 Å². The zero-order valence-corrected chi connectivity index (χ0v) is 21.6. The smallest absolute Gasteiger partial charge is 0.406 e. The lowest BCUT2D eigenvalue weighted by Gasteiger charge is -2.10. The fourth-order valence-electron chi connectivity index (χ4n) is 3.34. The summed E-state index contributed by atoms with van der Waals surface area (Å²) < 4.78 is 41.0. The van der Waals surface area contributed by atoms with Crippen molar-refractivity contribution in [1.82, 2.24) is 20.2 Å². The number of rotatable bonds is 9. The Morgan fingerprint density at radius 1 is 0.950 bits per heavy atom. The van der Waals surface area contributed by atoms with Gasteiger partial charge in [-0.15, -0.1) is 23.4 Å². The molecule has 4 rings (SSSR count). The summed E-state index contributed by atoms with van der Waals surface area (Å²) in [5.41, 5.74) is 1.65. The van der Waals surface area contributed by atoms with Gasteiger partial charge in [0.25, 0.3) is 0 Å². The first-order valence-electron chi connectivity index (χ1n) is 11.8. The van der Waals surface area contributed by atoms with Crippen molar-refractivity contribution in [2.75, 3.05) is 10.6 Å². The van der Waals surface area contributed by atoms with Crippen LogP contribution in [0, 0.1) is 11.8 Å². The van der Waals surface area contributed by atoms with E-state index in [9.17, 15) is 22.8 Å². The average Bonchev–Trinajstić information content (AvgIpc) is 3.34. The van der Waals surface area contributed by atoms with Crippen LogP contribution >= 0.6 is 11.3 Å². The second-order valence-corrected chi connectivity index (χ2v) is 9.26. The van der Waals surface area contributed by atoms with Gasteiger partial charge in [0, 0.05) is 36.5 Å². The van der Waals surface area contributed by atoms with E-state index >= 15 is 0 Å². The number of hydrogen-bond donors (Lipinski definition) is 2. The molecule has 0 atom stereocenters. The molecule has 40 heavy (non-hydrogen) atoms. The van der Waals surface area contributed by atoms with Crippen LogP contribution in [0.15, 0.2) is 67.0 Å². The van der Waals surface area contributed by atoms with Gasteiger partial charge in [0.05, 0.1) is 12.8 Å². The van der Waals surface area contributed by atoms with Crippen molar-refractivity contribution in [2.24, 2.45) is 0 Å². The fraction of sp³-hybridized carbons (Fsp3) is 0.185. The predicted molar refractivity (Wildman–Crippen MR) is 141 cm³/mol. The summed E-state index contributed by atoms with van der Waals surface area (Å²) in [6.45, 7) is 0. The van der Waals surface area contributed by atoms with Crippen LogP contribution in [0.4, 0.5) is 24.1 Å². The normalized spacial score (nSPS) is 10.8. The third kappa shape index (κ3) is 9.48. The SMILES string of the molecule is O=C(Cc1cccc(OC(F)(F)F)c1)Nc1ccc(C#CCCc2nnc(NC(=O)Cc3ccccn3)s2)cn1. The first-order chi connectivity index (χ1) is 19.2. The molecular weight excluding hydrogens is 545 g/mol. The lowest BCUT2D eigenvalue weighted by atomic mass is 10.1. The number of halogens is 3. The van der Waals surface area contributed by atoms with E-state index in [4.69, 9.17) is 0 Å². The van der Waals surface area contributed by atoms with Gasteiger partial charge < -0.3 is 15.4 Å². The number of aryl methyl sites for hydroxylation is 1. The molecule has 0 fully saturated rings. The molecule has 3 heterocycles. The van der Waals surface area contributed by atoms with E-state index in [0.717, 1.165) is 17.1 Å². The van der Waals surface area contributed by atoms with Crippen LogP contribution in [0.5, 0.6) is 5.75 Å². The number of amides is 2.